The fourth-order valence-electron chi connectivity index (χ4n) is 0.652. The molecule has 0 amide bonds. The van der Waals surface area contributed by atoms with Crippen LogP contribution in [0, 0.1) is 0 Å². The highest BCUT2D eigenvalue weighted by atomic mass is 19.3. The molecule has 1 fully saturated rings. The number of halogens is 2. The molecule has 0 spiro atoms. The lowest BCUT2D eigenvalue weighted by molar-refractivity contribution is -0.349. The first kappa shape index (κ1) is 6.89. The molecule has 9 heavy (non-hydrogen) atoms. The monoisotopic (exact) mass is 138 g/mol. The zero-order chi connectivity index (χ0) is 7.07. The van der Waals surface area contributed by atoms with Crippen molar-refractivity contribution >= 4 is 0 Å². The van der Waals surface area contributed by atoms with E-state index in [-0.39, 0.29) is 0 Å². The summed E-state index contributed by atoms with van der Waals surface area (Å²) < 4.78 is 32.2. The largest absolute Gasteiger partial charge is 0.486 e. The maximum atomic E-state index is 12.0. The predicted molar refractivity (Wildman–Crippen MR) is 26.0 cm³/mol. The van der Waals surface area contributed by atoms with E-state index in [1.165, 1.54) is 0 Å². The fraction of sp³-hybridized carbons (Fsp3) is 1.00. The number of hydrogen-bond donors (Lipinski definition) is 0. The molecular formula is C5H8F2O2. The van der Waals surface area contributed by atoms with Crippen LogP contribution in [0.2, 0.25) is 0 Å². The first-order valence-corrected chi connectivity index (χ1v) is 2.75. The molecule has 0 aromatic heterocycles. The van der Waals surface area contributed by atoms with Crippen molar-refractivity contribution in [3.05, 3.63) is 0 Å². The lowest BCUT2D eigenvalue weighted by atomic mass is 10.3. The lowest BCUT2D eigenvalue weighted by Crippen LogP contribution is -2.16. The van der Waals surface area contributed by atoms with Crippen molar-refractivity contribution < 1.29 is 18.3 Å². The van der Waals surface area contributed by atoms with Crippen LogP contribution in [0.15, 0.2) is 0 Å². The Morgan fingerprint density at radius 1 is 1.11 bits per heavy atom. The molecule has 0 N–H and O–H groups in total. The molecule has 4 heteroatoms. The van der Waals surface area contributed by atoms with E-state index in [2.05, 4.69) is 9.47 Å². The van der Waals surface area contributed by atoms with Gasteiger partial charge in [-0.3, -0.25) is 9.47 Å². The third-order valence-corrected chi connectivity index (χ3v) is 1.31. The maximum Gasteiger partial charge on any atom is 0.486 e. The van der Waals surface area contributed by atoms with E-state index in [4.69, 9.17) is 0 Å². The van der Waals surface area contributed by atoms with E-state index in [0.717, 1.165) is 0 Å². The van der Waals surface area contributed by atoms with Crippen LogP contribution < -0.4 is 0 Å². The van der Waals surface area contributed by atoms with E-state index in [9.17, 15) is 8.78 Å². The minimum Gasteiger partial charge on any atom is -0.290 e. The topological polar surface area (TPSA) is 18.5 Å². The summed E-state index contributed by atoms with van der Waals surface area (Å²) in [7, 11) is 0. The highest BCUT2D eigenvalue weighted by Gasteiger charge is 2.45. The van der Waals surface area contributed by atoms with E-state index in [0.29, 0.717) is 0 Å². The van der Waals surface area contributed by atoms with Crippen molar-refractivity contribution in [2.24, 2.45) is 0 Å². The summed E-state index contributed by atoms with van der Waals surface area (Å²) in [6.45, 7) is 3.09. The van der Waals surface area contributed by atoms with E-state index in [1.807, 2.05) is 0 Å². The molecule has 2 atom stereocenters. The van der Waals surface area contributed by atoms with Crippen molar-refractivity contribution in [1.82, 2.24) is 0 Å². The molecule has 1 aliphatic rings. The summed E-state index contributed by atoms with van der Waals surface area (Å²) >= 11 is 0. The fourth-order valence-corrected chi connectivity index (χ4v) is 0.652. The Morgan fingerprint density at radius 3 is 1.56 bits per heavy atom. The molecule has 0 bridgehead atoms. The van der Waals surface area contributed by atoms with Gasteiger partial charge in [0, 0.05) is 0 Å². The third-order valence-electron chi connectivity index (χ3n) is 1.31. The highest BCUT2D eigenvalue weighted by Crippen LogP contribution is 2.30. The summed E-state index contributed by atoms with van der Waals surface area (Å²) in [4.78, 5) is 0. The SMILES string of the molecule is CC1OC(F)(F)OC1C. The molecule has 0 aliphatic carbocycles. The van der Waals surface area contributed by atoms with E-state index < -0.39 is 18.5 Å². The van der Waals surface area contributed by atoms with Gasteiger partial charge in [-0.05, 0) is 13.8 Å². The second-order valence-corrected chi connectivity index (χ2v) is 2.11. The predicted octanol–water partition coefficient (Wildman–Crippen LogP) is 1.36. The quantitative estimate of drug-likeness (QED) is 0.503. The van der Waals surface area contributed by atoms with Crippen molar-refractivity contribution in [2.45, 2.75) is 32.4 Å². The Labute approximate surface area is 51.8 Å². The Bertz CT molecular complexity index is 104. The van der Waals surface area contributed by atoms with Crippen molar-refractivity contribution in [3.8, 4) is 0 Å². The number of rotatable bonds is 0. The van der Waals surface area contributed by atoms with Gasteiger partial charge in [-0.15, -0.1) is 8.78 Å². The average molecular weight is 138 g/mol. The first-order chi connectivity index (χ1) is 4.01. The molecule has 2 unspecified atom stereocenters. The standard InChI is InChI=1S/C5H8F2O2/c1-3-4(2)9-5(6,7)8-3/h3-4H,1-2H3. The van der Waals surface area contributed by atoms with Crippen LogP contribution in [-0.2, 0) is 9.47 Å². The number of alkyl halides is 2. The van der Waals surface area contributed by atoms with Gasteiger partial charge in [0.1, 0.15) is 0 Å². The third kappa shape index (κ3) is 1.37. The minimum atomic E-state index is -3.36. The lowest BCUT2D eigenvalue weighted by Gasteiger charge is -2.04. The second-order valence-electron chi connectivity index (χ2n) is 2.11. The van der Waals surface area contributed by atoms with Gasteiger partial charge < -0.3 is 0 Å². The van der Waals surface area contributed by atoms with Crippen LogP contribution in [0.1, 0.15) is 13.8 Å². The zero-order valence-electron chi connectivity index (χ0n) is 5.23. The molecule has 1 heterocycles. The molecule has 0 radical (unpaired) electrons. The molecule has 2 nitrogen and oxygen atoms in total. The van der Waals surface area contributed by atoms with Gasteiger partial charge >= 0.3 is 6.29 Å². The second kappa shape index (κ2) is 1.88. The Kier molecular flexibility index (Phi) is 1.44. The highest BCUT2D eigenvalue weighted by molar-refractivity contribution is 4.67. The van der Waals surface area contributed by atoms with Gasteiger partial charge in [-0.1, -0.05) is 0 Å². The smallest absolute Gasteiger partial charge is 0.290 e. The number of ether oxygens (including phenoxy) is 2. The molecular weight excluding hydrogens is 130 g/mol. The molecule has 1 rings (SSSR count). The van der Waals surface area contributed by atoms with Gasteiger partial charge in [-0.25, -0.2) is 0 Å². The molecule has 54 valence electrons. The summed E-state index contributed by atoms with van der Waals surface area (Å²) in [5.74, 6) is 0. The van der Waals surface area contributed by atoms with Crippen molar-refractivity contribution in [1.29, 1.82) is 0 Å². The van der Waals surface area contributed by atoms with Crippen LogP contribution in [0.5, 0.6) is 0 Å². The van der Waals surface area contributed by atoms with Gasteiger partial charge in [0.15, 0.2) is 0 Å². The molecule has 0 aromatic carbocycles. The van der Waals surface area contributed by atoms with Crippen molar-refractivity contribution in [2.75, 3.05) is 0 Å². The summed E-state index contributed by atoms with van der Waals surface area (Å²) in [5, 5.41) is 0. The summed E-state index contributed by atoms with van der Waals surface area (Å²) in [6.07, 6.45) is -4.39. The molecule has 0 aromatic rings. The van der Waals surface area contributed by atoms with Gasteiger partial charge in [0.25, 0.3) is 0 Å². The molecule has 1 aliphatic heterocycles. The Balaban J connectivity index is 2.54. The van der Waals surface area contributed by atoms with Crippen LogP contribution in [0.3, 0.4) is 0 Å². The van der Waals surface area contributed by atoms with E-state index in [1.54, 1.807) is 13.8 Å². The van der Waals surface area contributed by atoms with Crippen LogP contribution >= 0.6 is 0 Å². The van der Waals surface area contributed by atoms with Crippen LogP contribution in [0.25, 0.3) is 0 Å². The maximum absolute atomic E-state index is 12.0. The van der Waals surface area contributed by atoms with Gasteiger partial charge in [-0.2, -0.15) is 0 Å². The van der Waals surface area contributed by atoms with E-state index >= 15 is 0 Å². The molecule has 0 saturated carbocycles. The summed E-state index contributed by atoms with van der Waals surface area (Å²) in [6, 6.07) is 0. The van der Waals surface area contributed by atoms with Gasteiger partial charge in [0.2, 0.25) is 0 Å². The minimum absolute atomic E-state index is 0.514. The van der Waals surface area contributed by atoms with Gasteiger partial charge in [0.05, 0.1) is 12.2 Å². The van der Waals surface area contributed by atoms with Crippen LogP contribution in [-0.4, -0.2) is 18.5 Å². The number of hydrogen-bond acceptors (Lipinski definition) is 2. The zero-order valence-corrected chi connectivity index (χ0v) is 5.23. The first-order valence-electron chi connectivity index (χ1n) is 2.75. The normalized spacial score (nSPS) is 41.3. The van der Waals surface area contributed by atoms with Crippen LogP contribution in [0.4, 0.5) is 8.78 Å². The Morgan fingerprint density at radius 2 is 1.44 bits per heavy atom. The van der Waals surface area contributed by atoms with Crippen molar-refractivity contribution in [3.63, 3.8) is 0 Å². The summed E-state index contributed by atoms with van der Waals surface area (Å²) in [5.41, 5.74) is 0. The average Bonchev–Trinajstić information content (AvgIpc) is 1.79. The Hall–Kier alpha value is -0.220. The molecule has 1 saturated heterocycles.